The van der Waals surface area contributed by atoms with Gasteiger partial charge in [0, 0.05) is 12.1 Å². The first-order chi connectivity index (χ1) is 9.35. The Kier molecular flexibility index (Phi) is 5.33. The largest absolute Gasteiger partial charge is 0.444 e. The molecule has 0 aliphatic carbocycles. The van der Waals surface area contributed by atoms with E-state index >= 15 is 0 Å². The molecule has 2 rings (SSSR count). The van der Waals surface area contributed by atoms with Crippen LogP contribution in [0.3, 0.4) is 0 Å². The Bertz CT molecular complexity index is 590. The van der Waals surface area contributed by atoms with Crippen LogP contribution in [0.1, 0.15) is 34.6 Å². The summed E-state index contributed by atoms with van der Waals surface area (Å²) in [5, 5.41) is 6.89. The lowest BCUT2D eigenvalue weighted by Crippen LogP contribution is -2.28. The molecule has 0 unspecified atom stereocenters. The molecule has 0 bridgehead atoms. The second kappa shape index (κ2) is 6.56. The maximum absolute atomic E-state index is 11.7. The fourth-order valence-corrected chi connectivity index (χ4v) is 1.57. The zero-order chi connectivity index (χ0) is 15.3. The van der Waals surface area contributed by atoms with E-state index in [4.69, 9.17) is 16.3 Å². The number of carbonyl (C=O) groups is 1. The molecular weight excluding hydrogens is 280 g/mol. The summed E-state index contributed by atoms with van der Waals surface area (Å²) in [6.07, 6.45) is 1.00. The summed E-state index contributed by atoms with van der Waals surface area (Å²) in [5.74, 6) is 0.407. The number of hydrogen-bond donors (Lipinski definition) is 1. The molecule has 0 saturated heterocycles. The van der Waals surface area contributed by atoms with E-state index in [0.717, 1.165) is 0 Å². The van der Waals surface area contributed by atoms with Gasteiger partial charge in [0.15, 0.2) is 5.65 Å². The van der Waals surface area contributed by atoms with E-state index in [9.17, 15) is 4.79 Å². The highest BCUT2D eigenvalue weighted by atomic mass is 35.5. The van der Waals surface area contributed by atoms with E-state index in [1.54, 1.807) is 33.0 Å². The van der Waals surface area contributed by atoms with Crippen LogP contribution in [0.15, 0.2) is 18.3 Å². The topological polar surface area (TPSA) is 68.5 Å². The van der Waals surface area contributed by atoms with Crippen molar-refractivity contribution in [2.75, 3.05) is 5.32 Å². The fraction of sp³-hybridized carbons (Fsp3) is 0.462. The van der Waals surface area contributed by atoms with Crippen molar-refractivity contribution >= 4 is 29.2 Å². The molecule has 0 saturated carbocycles. The van der Waals surface area contributed by atoms with Gasteiger partial charge in [0.1, 0.15) is 16.6 Å². The van der Waals surface area contributed by atoms with Gasteiger partial charge in [0.05, 0.1) is 6.20 Å². The summed E-state index contributed by atoms with van der Waals surface area (Å²) in [6.45, 7) is 9.36. The third-order valence-corrected chi connectivity index (χ3v) is 2.15. The normalized spacial score (nSPS) is 10.7. The predicted octanol–water partition coefficient (Wildman–Crippen LogP) is 3.76. The Labute approximate surface area is 123 Å². The van der Waals surface area contributed by atoms with Crippen LogP contribution in [0.2, 0.25) is 5.15 Å². The number of amides is 1. The number of halogens is 1. The van der Waals surface area contributed by atoms with Crippen molar-refractivity contribution < 1.29 is 9.53 Å². The smallest absolute Gasteiger partial charge is 0.413 e. The molecule has 1 N–H and O–H groups in total. The van der Waals surface area contributed by atoms with Gasteiger partial charge in [-0.1, -0.05) is 25.4 Å². The van der Waals surface area contributed by atoms with Crippen molar-refractivity contribution in [2.24, 2.45) is 0 Å². The lowest BCUT2D eigenvalue weighted by atomic mass is 10.2. The van der Waals surface area contributed by atoms with E-state index in [1.165, 1.54) is 10.6 Å². The molecule has 2 aromatic heterocycles. The summed E-state index contributed by atoms with van der Waals surface area (Å²) >= 11 is 5.85. The minimum Gasteiger partial charge on any atom is -0.444 e. The second-order valence-electron chi connectivity index (χ2n) is 4.69. The first kappa shape index (κ1) is 16.2. The van der Waals surface area contributed by atoms with Crippen LogP contribution in [0, 0.1) is 0 Å². The maximum Gasteiger partial charge on any atom is 0.413 e. The van der Waals surface area contributed by atoms with Crippen LogP contribution in [0.4, 0.5) is 10.6 Å². The van der Waals surface area contributed by atoms with Crippen molar-refractivity contribution in [3.63, 3.8) is 0 Å². The van der Waals surface area contributed by atoms with Crippen LogP contribution < -0.4 is 5.32 Å². The zero-order valence-corrected chi connectivity index (χ0v) is 13.0. The SMILES string of the molecule is CC.CC(C)(C)OC(=O)Nc1cc(Cl)nc2ccnn12. The molecule has 20 heavy (non-hydrogen) atoms. The van der Waals surface area contributed by atoms with E-state index in [-0.39, 0.29) is 5.15 Å². The third kappa shape index (κ3) is 4.38. The molecule has 0 atom stereocenters. The molecule has 0 fully saturated rings. The zero-order valence-electron chi connectivity index (χ0n) is 12.3. The number of fused-ring (bicyclic) bond motifs is 1. The highest BCUT2D eigenvalue weighted by Crippen LogP contribution is 2.17. The summed E-state index contributed by atoms with van der Waals surface area (Å²) in [4.78, 5) is 15.7. The monoisotopic (exact) mass is 298 g/mol. The van der Waals surface area contributed by atoms with Crippen LogP contribution in [0.5, 0.6) is 0 Å². The average Bonchev–Trinajstić information content (AvgIpc) is 2.77. The lowest BCUT2D eigenvalue weighted by molar-refractivity contribution is 0.0635. The van der Waals surface area contributed by atoms with E-state index in [2.05, 4.69) is 15.4 Å². The van der Waals surface area contributed by atoms with Gasteiger partial charge in [-0.05, 0) is 20.8 Å². The van der Waals surface area contributed by atoms with Gasteiger partial charge in [0.25, 0.3) is 0 Å². The van der Waals surface area contributed by atoms with Crippen LogP contribution in [-0.2, 0) is 4.74 Å². The highest BCUT2D eigenvalue weighted by molar-refractivity contribution is 6.29. The standard InChI is InChI=1S/C11H13ClN4O2.C2H6/c1-11(2,3)18-10(17)15-9-6-7(12)14-8-4-5-13-16(8)9;1-2/h4-6H,1-3H3,(H,15,17);1-2H3. The first-order valence-corrected chi connectivity index (χ1v) is 6.73. The molecule has 0 aliphatic rings. The molecular formula is C13H19ClN4O2. The van der Waals surface area contributed by atoms with Crippen molar-refractivity contribution in [3.05, 3.63) is 23.5 Å². The van der Waals surface area contributed by atoms with Crippen LogP contribution in [0.25, 0.3) is 5.65 Å². The first-order valence-electron chi connectivity index (χ1n) is 6.35. The van der Waals surface area contributed by atoms with Gasteiger partial charge >= 0.3 is 6.09 Å². The summed E-state index contributed by atoms with van der Waals surface area (Å²) < 4.78 is 6.62. The average molecular weight is 299 g/mol. The lowest BCUT2D eigenvalue weighted by Gasteiger charge is -2.19. The predicted molar refractivity (Wildman–Crippen MR) is 79.2 cm³/mol. The Morgan fingerprint density at radius 1 is 1.40 bits per heavy atom. The van der Waals surface area contributed by atoms with Crippen molar-refractivity contribution in [3.8, 4) is 0 Å². The van der Waals surface area contributed by atoms with Gasteiger partial charge in [-0.15, -0.1) is 0 Å². The van der Waals surface area contributed by atoms with Gasteiger partial charge in [-0.2, -0.15) is 9.61 Å². The molecule has 2 aromatic rings. The maximum atomic E-state index is 11.7. The summed E-state index contributed by atoms with van der Waals surface area (Å²) in [7, 11) is 0. The van der Waals surface area contributed by atoms with Gasteiger partial charge in [-0.3, -0.25) is 5.32 Å². The Balaban J connectivity index is 0.000000956. The molecule has 0 aromatic carbocycles. The van der Waals surface area contributed by atoms with E-state index < -0.39 is 11.7 Å². The number of aromatic nitrogens is 3. The second-order valence-corrected chi connectivity index (χ2v) is 5.08. The molecule has 7 heteroatoms. The third-order valence-electron chi connectivity index (χ3n) is 1.96. The number of carbonyl (C=O) groups excluding carboxylic acids is 1. The summed E-state index contributed by atoms with van der Waals surface area (Å²) in [5.41, 5.74) is -0.0157. The van der Waals surface area contributed by atoms with E-state index in [1.807, 2.05) is 13.8 Å². The molecule has 110 valence electrons. The van der Waals surface area contributed by atoms with Crippen LogP contribution in [-0.4, -0.2) is 26.3 Å². The minimum absolute atomic E-state index is 0.272. The van der Waals surface area contributed by atoms with E-state index in [0.29, 0.717) is 11.5 Å². The van der Waals surface area contributed by atoms with Crippen molar-refractivity contribution in [1.29, 1.82) is 0 Å². The molecule has 0 aliphatic heterocycles. The van der Waals surface area contributed by atoms with Gasteiger partial charge in [-0.25, -0.2) is 9.78 Å². The van der Waals surface area contributed by atoms with Gasteiger partial charge in [0.2, 0.25) is 0 Å². The number of ether oxygens (including phenoxy) is 1. The number of anilines is 1. The Morgan fingerprint density at radius 2 is 2.05 bits per heavy atom. The number of rotatable bonds is 1. The van der Waals surface area contributed by atoms with Gasteiger partial charge < -0.3 is 4.74 Å². The fourth-order valence-electron chi connectivity index (χ4n) is 1.38. The number of hydrogen-bond acceptors (Lipinski definition) is 4. The minimum atomic E-state index is -0.568. The molecule has 2 heterocycles. The molecule has 6 nitrogen and oxygen atoms in total. The van der Waals surface area contributed by atoms with Crippen LogP contribution >= 0.6 is 11.6 Å². The van der Waals surface area contributed by atoms with Crippen molar-refractivity contribution in [1.82, 2.24) is 14.6 Å². The highest BCUT2D eigenvalue weighted by Gasteiger charge is 2.17. The van der Waals surface area contributed by atoms with Crippen molar-refractivity contribution in [2.45, 2.75) is 40.2 Å². The summed E-state index contributed by atoms with van der Waals surface area (Å²) in [6, 6.07) is 3.19. The Morgan fingerprint density at radius 3 is 2.65 bits per heavy atom. The number of nitrogens with zero attached hydrogens (tertiary/aromatic N) is 3. The number of nitrogens with one attached hydrogen (secondary N) is 1. The molecule has 0 spiro atoms. The molecule has 0 radical (unpaired) electrons. The quantitative estimate of drug-likeness (QED) is 0.814. The Hall–Kier alpha value is -1.82. The molecule has 1 amide bonds.